The molecule has 0 fully saturated rings. The summed E-state index contributed by atoms with van der Waals surface area (Å²) in [4.78, 5) is 0.128. The standard InChI is InChI=1S/C13H15Br2N3O2S/c1-3-10-13(15)11(18(2)17-10)7-21(19,20)12-6-8(14)4-5-9(12)16/h4-6H,3,7,16H2,1-2H3. The van der Waals surface area contributed by atoms with Crippen LogP contribution in [0.25, 0.3) is 0 Å². The molecule has 2 N–H and O–H groups in total. The minimum Gasteiger partial charge on any atom is -0.398 e. The van der Waals surface area contributed by atoms with E-state index in [1.54, 1.807) is 23.9 Å². The number of hydrogen-bond donors (Lipinski definition) is 1. The van der Waals surface area contributed by atoms with Gasteiger partial charge in [0.05, 0.1) is 32.2 Å². The summed E-state index contributed by atoms with van der Waals surface area (Å²) < 4.78 is 28.2. The summed E-state index contributed by atoms with van der Waals surface area (Å²) in [5.41, 5.74) is 7.50. The van der Waals surface area contributed by atoms with Crippen LogP contribution in [0.3, 0.4) is 0 Å². The SMILES string of the molecule is CCc1nn(C)c(CS(=O)(=O)c2cc(Br)ccc2N)c1Br. The van der Waals surface area contributed by atoms with E-state index in [1.807, 2.05) is 6.92 Å². The number of benzene rings is 1. The molecule has 5 nitrogen and oxygen atoms in total. The maximum atomic E-state index is 12.6. The highest BCUT2D eigenvalue weighted by Crippen LogP contribution is 2.29. The van der Waals surface area contributed by atoms with E-state index in [9.17, 15) is 8.42 Å². The summed E-state index contributed by atoms with van der Waals surface area (Å²) >= 11 is 6.70. The molecule has 0 bridgehead atoms. The molecule has 1 aromatic carbocycles. The van der Waals surface area contributed by atoms with Crippen LogP contribution < -0.4 is 5.73 Å². The van der Waals surface area contributed by atoms with Crippen LogP contribution in [0.2, 0.25) is 0 Å². The highest BCUT2D eigenvalue weighted by Gasteiger charge is 2.23. The van der Waals surface area contributed by atoms with Crippen molar-refractivity contribution in [2.24, 2.45) is 7.05 Å². The molecule has 0 unspecified atom stereocenters. The molecule has 0 spiro atoms. The monoisotopic (exact) mass is 435 g/mol. The van der Waals surface area contributed by atoms with Crippen LogP contribution in [-0.4, -0.2) is 18.2 Å². The van der Waals surface area contributed by atoms with E-state index in [1.165, 1.54) is 6.07 Å². The summed E-state index contributed by atoms with van der Waals surface area (Å²) in [5.74, 6) is -0.155. The van der Waals surface area contributed by atoms with Crippen molar-refractivity contribution in [3.63, 3.8) is 0 Å². The van der Waals surface area contributed by atoms with Gasteiger partial charge in [-0.2, -0.15) is 5.10 Å². The number of aryl methyl sites for hydroxylation is 2. The Balaban J connectivity index is 2.47. The fourth-order valence-electron chi connectivity index (χ4n) is 2.01. The number of aromatic nitrogens is 2. The maximum absolute atomic E-state index is 12.6. The summed E-state index contributed by atoms with van der Waals surface area (Å²) in [6, 6.07) is 4.81. The quantitative estimate of drug-likeness (QED) is 0.747. The van der Waals surface area contributed by atoms with Crippen molar-refractivity contribution in [3.8, 4) is 0 Å². The Morgan fingerprint density at radius 3 is 2.57 bits per heavy atom. The van der Waals surface area contributed by atoms with Crippen molar-refractivity contribution in [1.82, 2.24) is 9.78 Å². The molecule has 0 saturated carbocycles. The molecule has 0 aliphatic rings. The van der Waals surface area contributed by atoms with E-state index in [0.29, 0.717) is 10.2 Å². The normalized spacial score (nSPS) is 11.8. The fraction of sp³-hybridized carbons (Fsp3) is 0.308. The molecule has 0 amide bonds. The lowest BCUT2D eigenvalue weighted by Crippen LogP contribution is -2.11. The van der Waals surface area contributed by atoms with Crippen molar-refractivity contribution in [1.29, 1.82) is 0 Å². The number of nitrogens with zero attached hydrogens (tertiary/aromatic N) is 2. The molecule has 1 heterocycles. The average molecular weight is 437 g/mol. The van der Waals surface area contributed by atoms with Crippen molar-refractivity contribution >= 4 is 47.4 Å². The van der Waals surface area contributed by atoms with Gasteiger partial charge in [0.25, 0.3) is 0 Å². The number of rotatable bonds is 4. The molecule has 2 rings (SSSR count). The van der Waals surface area contributed by atoms with Gasteiger partial charge in [-0.15, -0.1) is 0 Å². The Bertz CT molecular complexity index is 785. The lowest BCUT2D eigenvalue weighted by molar-refractivity contribution is 0.592. The second-order valence-corrected chi connectivity index (χ2v) is 8.29. The van der Waals surface area contributed by atoms with E-state index in [4.69, 9.17) is 5.73 Å². The van der Waals surface area contributed by atoms with Crippen LogP contribution in [-0.2, 0) is 29.1 Å². The minimum absolute atomic E-state index is 0.128. The Morgan fingerprint density at radius 1 is 1.33 bits per heavy atom. The molecule has 2 aromatic rings. The van der Waals surface area contributed by atoms with Crippen LogP contribution in [0.15, 0.2) is 32.0 Å². The van der Waals surface area contributed by atoms with Crippen LogP contribution in [0.4, 0.5) is 5.69 Å². The third-order valence-electron chi connectivity index (χ3n) is 3.14. The highest BCUT2D eigenvalue weighted by molar-refractivity contribution is 9.10. The number of anilines is 1. The zero-order valence-corrected chi connectivity index (χ0v) is 15.6. The lowest BCUT2D eigenvalue weighted by atomic mass is 10.3. The van der Waals surface area contributed by atoms with Crippen molar-refractivity contribution in [3.05, 3.63) is 38.5 Å². The first-order chi connectivity index (χ1) is 9.76. The Labute approximate surface area is 140 Å². The molecule has 1 aromatic heterocycles. The summed E-state index contributed by atoms with van der Waals surface area (Å²) in [7, 11) is -1.82. The van der Waals surface area contributed by atoms with E-state index in [0.717, 1.165) is 16.6 Å². The van der Waals surface area contributed by atoms with Gasteiger partial charge in [0, 0.05) is 11.5 Å². The molecular formula is C13H15Br2N3O2S. The lowest BCUT2D eigenvalue weighted by Gasteiger charge is -2.09. The van der Waals surface area contributed by atoms with E-state index in [2.05, 4.69) is 37.0 Å². The van der Waals surface area contributed by atoms with Crippen LogP contribution in [0.5, 0.6) is 0 Å². The van der Waals surface area contributed by atoms with Gasteiger partial charge in [0.1, 0.15) is 0 Å². The molecule has 114 valence electrons. The van der Waals surface area contributed by atoms with E-state index >= 15 is 0 Å². The van der Waals surface area contributed by atoms with Crippen LogP contribution >= 0.6 is 31.9 Å². The van der Waals surface area contributed by atoms with Gasteiger partial charge in [0.15, 0.2) is 9.84 Å². The maximum Gasteiger partial charge on any atom is 0.186 e. The predicted molar refractivity (Wildman–Crippen MR) is 89.7 cm³/mol. The summed E-state index contributed by atoms with van der Waals surface area (Å²) in [5, 5.41) is 4.31. The molecule has 8 heteroatoms. The number of sulfone groups is 1. The average Bonchev–Trinajstić information content (AvgIpc) is 2.68. The molecule has 0 aliphatic carbocycles. The van der Waals surface area contributed by atoms with Gasteiger partial charge in [-0.25, -0.2) is 8.42 Å². The topological polar surface area (TPSA) is 78.0 Å². The first-order valence-corrected chi connectivity index (χ1v) is 9.48. The van der Waals surface area contributed by atoms with Crippen molar-refractivity contribution in [2.75, 3.05) is 5.73 Å². The van der Waals surface area contributed by atoms with Gasteiger partial charge in [-0.05, 0) is 40.5 Å². The molecule has 0 radical (unpaired) electrons. The second-order valence-electron chi connectivity index (χ2n) is 4.63. The van der Waals surface area contributed by atoms with Crippen molar-refractivity contribution < 1.29 is 8.42 Å². The molecule has 0 aliphatic heterocycles. The van der Waals surface area contributed by atoms with Crippen LogP contribution in [0.1, 0.15) is 18.3 Å². The highest BCUT2D eigenvalue weighted by atomic mass is 79.9. The number of hydrogen-bond acceptors (Lipinski definition) is 4. The molecule has 21 heavy (non-hydrogen) atoms. The smallest absolute Gasteiger partial charge is 0.186 e. The molecule has 0 atom stereocenters. The largest absolute Gasteiger partial charge is 0.398 e. The van der Waals surface area contributed by atoms with Crippen molar-refractivity contribution in [2.45, 2.75) is 24.0 Å². The fourth-order valence-corrected chi connectivity index (χ4v) is 5.05. The van der Waals surface area contributed by atoms with Gasteiger partial charge < -0.3 is 5.73 Å². The van der Waals surface area contributed by atoms with E-state index in [-0.39, 0.29) is 16.3 Å². The Kier molecular flexibility index (Phi) is 4.79. The third kappa shape index (κ3) is 3.32. The van der Waals surface area contributed by atoms with Gasteiger partial charge in [-0.1, -0.05) is 22.9 Å². The third-order valence-corrected chi connectivity index (χ3v) is 6.23. The van der Waals surface area contributed by atoms with Gasteiger partial charge in [-0.3, -0.25) is 4.68 Å². The zero-order chi connectivity index (χ0) is 15.8. The number of nitrogen functional groups attached to an aromatic ring is 1. The number of nitrogens with two attached hydrogens (primary N) is 1. The van der Waals surface area contributed by atoms with Crippen LogP contribution in [0, 0.1) is 0 Å². The summed E-state index contributed by atoms with van der Waals surface area (Å²) in [6.45, 7) is 1.97. The van der Waals surface area contributed by atoms with Gasteiger partial charge in [0.2, 0.25) is 0 Å². The Morgan fingerprint density at radius 2 is 2.00 bits per heavy atom. The summed E-state index contributed by atoms with van der Waals surface area (Å²) in [6.07, 6.45) is 0.730. The second kappa shape index (κ2) is 6.10. The molecule has 0 saturated heterocycles. The minimum atomic E-state index is -3.55. The number of halogens is 2. The Hall–Kier alpha value is -0.860. The first kappa shape index (κ1) is 16.5. The predicted octanol–water partition coefficient (Wildman–Crippen LogP) is 3.06. The zero-order valence-electron chi connectivity index (χ0n) is 11.6. The van der Waals surface area contributed by atoms with E-state index < -0.39 is 9.84 Å². The first-order valence-electron chi connectivity index (χ1n) is 6.24. The molecular weight excluding hydrogens is 422 g/mol. The van der Waals surface area contributed by atoms with Gasteiger partial charge >= 0.3 is 0 Å².